The Balaban J connectivity index is 2.92. The van der Waals surface area contributed by atoms with E-state index in [1.165, 1.54) is 23.1 Å². The molecule has 3 nitrogen and oxygen atoms in total. The molecule has 0 aromatic heterocycles. The number of rotatable bonds is 4. The van der Waals surface area contributed by atoms with Crippen LogP contribution in [0.15, 0.2) is 18.2 Å². The lowest BCUT2D eigenvalue weighted by Crippen LogP contribution is -2.37. The molecule has 0 bridgehead atoms. The van der Waals surface area contributed by atoms with Crippen molar-refractivity contribution in [3.8, 4) is 0 Å². The first-order valence-corrected chi connectivity index (χ1v) is 6.68. The van der Waals surface area contributed by atoms with Gasteiger partial charge in [-0.05, 0) is 31.4 Å². The number of hydrogen-bond donors (Lipinski definition) is 1. The van der Waals surface area contributed by atoms with Gasteiger partial charge in [-0.15, -0.1) is 0 Å². The van der Waals surface area contributed by atoms with Crippen LogP contribution in [0.3, 0.4) is 0 Å². The lowest BCUT2D eigenvalue weighted by Gasteiger charge is -2.24. The Morgan fingerprint density at radius 3 is 2.82 bits per heavy atom. The lowest BCUT2D eigenvalue weighted by atomic mass is 10.1. The van der Waals surface area contributed by atoms with Crippen molar-refractivity contribution in [2.45, 2.75) is 13.0 Å². The number of carbonyl (C=O) groups is 1. The number of nitrogen functional groups attached to an aromatic ring is 1. The van der Waals surface area contributed by atoms with Crippen molar-refractivity contribution in [1.29, 1.82) is 0 Å². The second-order valence-electron chi connectivity index (χ2n) is 3.96. The van der Waals surface area contributed by atoms with Crippen LogP contribution < -0.4 is 5.73 Å². The lowest BCUT2D eigenvalue weighted by molar-refractivity contribution is 0.0753. The molecule has 1 rings (SSSR count). The van der Waals surface area contributed by atoms with Gasteiger partial charge in [0, 0.05) is 24.5 Å². The van der Waals surface area contributed by atoms with E-state index in [0.717, 1.165) is 5.75 Å². The van der Waals surface area contributed by atoms with Crippen LogP contribution in [0.1, 0.15) is 17.3 Å². The molecule has 1 aromatic rings. The molecule has 5 heteroatoms. The molecule has 0 heterocycles. The highest BCUT2D eigenvalue weighted by Gasteiger charge is 2.20. The summed E-state index contributed by atoms with van der Waals surface area (Å²) in [5, 5.41) is 0. The van der Waals surface area contributed by atoms with Crippen LogP contribution >= 0.6 is 11.8 Å². The van der Waals surface area contributed by atoms with Crippen LogP contribution in [-0.4, -0.2) is 35.9 Å². The minimum absolute atomic E-state index is 0.0282. The molecule has 2 N–H and O–H groups in total. The van der Waals surface area contributed by atoms with E-state index in [9.17, 15) is 9.18 Å². The van der Waals surface area contributed by atoms with Gasteiger partial charge in [-0.2, -0.15) is 11.8 Å². The average molecular weight is 256 g/mol. The molecule has 0 radical (unpaired) electrons. The quantitative estimate of drug-likeness (QED) is 0.840. The largest absolute Gasteiger partial charge is 0.399 e. The summed E-state index contributed by atoms with van der Waals surface area (Å²) >= 11 is 1.65. The molecular weight excluding hydrogens is 239 g/mol. The maximum absolute atomic E-state index is 13.5. The van der Waals surface area contributed by atoms with Crippen molar-refractivity contribution in [1.82, 2.24) is 4.90 Å². The van der Waals surface area contributed by atoms with Gasteiger partial charge >= 0.3 is 0 Å². The van der Waals surface area contributed by atoms with E-state index >= 15 is 0 Å². The molecule has 1 aromatic carbocycles. The highest BCUT2D eigenvalue weighted by molar-refractivity contribution is 7.98. The molecule has 0 saturated carbocycles. The summed E-state index contributed by atoms with van der Waals surface area (Å²) in [6.45, 7) is 1.93. The monoisotopic (exact) mass is 256 g/mol. The molecule has 1 unspecified atom stereocenters. The fraction of sp³-hybridized carbons (Fsp3) is 0.417. The smallest absolute Gasteiger partial charge is 0.256 e. The molecule has 0 spiro atoms. The number of benzene rings is 1. The van der Waals surface area contributed by atoms with E-state index < -0.39 is 5.82 Å². The molecule has 17 heavy (non-hydrogen) atoms. The van der Waals surface area contributed by atoms with E-state index in [2.05, 4.69) is 0 Å². The number of anilines is 1. The Bertz CT molecular complexity index is 411. The van der Waals surface area contributed by atoms with Crippen LogP contribution in [0.25, 0.3) is 0 Å². The van der Waals surface area contributed by atoms with Crippen LogP contribution in [0.4, 0.5) is 10.1 Å². The zero-order valence-corrected chi connectivity index (χ0v) is 11.1. The topological polar surface area (TPSA) is 46.3 Å². The van der Waals surface area contributed by atoms with Crippen LogP contribution in [0.2, 0.25) is 0 Å². The second-order valence-corrected chi connectivity index (χ2v) is 4.87. The number of amides is 1. The van der Waals surface area contributed by atoms with Gasteiger partial charge in [0.05, 0.1) is 5.56 Å². The number of hydrogen-bond acceptors (Lipinski definition) is 3. The van der Waals surface area contributed by atoms with E-state index in [0.29, 0.717) is 5.69 Å². The van der Waals surface area contributed by atoms with Gasteiger partial charge in [0.2, 0.25) is 0 Å². The van der Waals surface area contributed by atoms with Crippen molar-refractivity contribution in [3.05, 3.63) is 29.6 Å². The zero-order chi connectivity index (χ0) is 13.0. The Kier molecular flexibility index (Phi) is 4.81. The van der Waals surface area contributed by atoms with Gasteiger partial charge in [0.1, 0.15) is 5.82 Å². The molecule has 1 atom stereocenters. The molecule has 0 aliphatic heterocycles. The van der Waals surface area contributed by atoms with E-state index in [-0.39, 0.29) is 17.5 Å². The SMILES string of the molecule is CSCC(C)N(C)C(=O)c1cc(N)ccc1F. The van der Waals surface area contributed by atoms with Gasteiger partial charge < -0.3 is 10.6 Å². The van der Waals surface area contributed by atoms with Crippen molar-refractivity contribution in [2.24, 2.45) is 0 Å². The number of thioether (sulfide) groups is 1. The Labute approximate surface area is 105 Å². The molecule has 0 saturated heterocycles. The van der Waals surface area contributed by atoms with Gasteiger partial charge in [-0.3, -0.25) is 4.79 Å². The highest BCUT2D eigenvalue weighted by atomic mass is 32.2. The number of carbonyl (C=O) groups excluding carboxylic acids is 1. The minimum atomic E-state index is -0.535. The summed E-state index contributed by atoms with van der Waals surface area (Å²) in [6, 6.07) is 4.09. The van der Waals surface area contributed by atoms with Crippen molar-refractivity contribution < 1.29 is 9.18 Å². The minimum Gasteiger partial charge on any atom is -0.399 e. The third kappa shape index (κ3) is 3.36. The van der Waals surface area contributed by atoms with Crippen LogP contribution in [0, 0.1) is 5.82 Å². The first kappa shape index (κ1) is 13.8. The predicted octanol–water partition coefficient (Wildman–Crippen LogP) is 2.23. The Morgan fingerprint density at radius 2 is 2.24 bits per heavy atom. The zero-order valence-electron chi connectivity index (χ0n) is 10.2. The third-order valence-corrected chi connectivity index (χ3v) is 3.43. The normalized spacial score (nSPS) is 12.2. The Morgan fingerprint density at radius 1 is 1.59 bits per heavy atom. The summed E-state index contributed by atoms with van der Waals surface area (Å²) < 4.78 is 13.5. The Hall–Kier alpha value is -1.23. The summed E-state index contributed by atoms with van der Waals surface area (Å²) in [6.07, 6.45) is 1.97. The van der Waals surface area contributed by atoms with Gasteiger partial charge in [0.15, 0.2) is 0 Å². The van der Waals surface area contributed by atoms with Gasteiger partial charge in [0.25, 0.3) is 5.91 Å². The fourth-order valence-electron chi connectivity index (χ4n) is 1.45. The van der Waals surface area contributed by atoms with Crippen molar-refractivity contribution in [2.75, 3.05) is 24.8 Å². The van der Waals surface area contributed by atoms with E-state index in [1.807, 2.05) is 13.2 Å². The summed E-state index contributed by atoms with van der Waals surface area (Å²) in [7, 11) is 1.67. The fourth-order valence-corrected chi connectivity index (χ4v) is 2.16. The second kappa shape index (κ2) is 5.91. The molecule has 0 fully saturated rings. The molecule has 0 aliphatic carbocycles. The number of nitrogens with zero attached hydrogens (tertiary/aromatic N) is 1. The van der Waals surface area contributed by atoms with Gasteiger partial charge in [-0.25, -0.2) is 4.39 Å². The van der Waals surface area contributed by atoms with Gasteiger partial charge in [-0.1, -0.05) is 0 Å². The molecule has 1 amide bonds. The molecule has 0 aliphatic rings. The van der Waals surface area contributed by atoms with E-state index in [1.54, 1.807) is 18.8 Å². The third-order valence-electron chi connectivity index (χ3n) is 2.61. The number of halogens is 1. The average Bonchev–Trinajstić information content (AvgIpc) is 2.30. The van der Waals surface area contributed by atoms with Crippen molar-refractivity contribution >= 4 is 23.4 Å². The van der Waals surface area contributed by atoms with Crippen LogP contribution in [-0.2, 0) is 0 Å². The first-order valence-electron chi connectivity index (χ1n) is 5.28. The standard InChI is InChI=1S/C12H17FN2OS/c1-8(7-17-3)15(2)12(16)10-6-9(14)4-5-11(10)13/h4-6,8H,7,14H2,1-3H3. The van der Waals surface area contributed by atoms with E-state index in [4.69, 9.17) is 5.73 Å². The molecule has 94 valence electrons. The maximum atomic E-state index is 13.5. The summed E-state index contributed by atoms with van der Waals surface area (Å²) in [5.41, 5.74) is 5.98. The summed E-state index contributed by atoms with van der Waals surface area (Å²) in [4.78, 5) is 13.6. The first-order chi connectivity index (χ1) is 7.97. The van der Waals surface area contributed by atoms with Crippen molar-refractivity contribution in [3.63, 3.8) is 0 Å². The molecular formula is C12H17FN2OS. The highest BCUT2D eigenvalue weighted by Crippen LogP contribution is 2.16. The number of nitrogens with two attached hydrogens (primary N) is 1. The summed E-state index contributed by atoms with van der Waals surface area (Å²) in [5.74, 6) is -0.0598. The maximum Gasteiger partial charge on any atom is 0.256 e. The predicted molar refractivity (Wildman–Crippen MR) is 70.7 cm³/mol. The van der Waals surface area contributed by atoms with Crippen LogP contribution in [0.5, 0.6) is 0 Å².